The molecule has 4 heteroatoms. The van der Waals surface area contributed by atoms with Crippen molar-refractivity contribution in [1.29, 1.82) is 0 Å². The average molecular weight is 304 g/mol. The lowest BCUT2D eigenvalue weighted by Gasteiger charge is -2.28. The molecule has 21 heavy (non-hydrogen) atoms. The molecule has 1 heterocycles. The van der Waals surface area contributed by atoms with Gasteiger partial charge in [0.25, 0.3) is 0 Å². The monoisotopic (exact) mass is 304 g/mol. The Hall–Kier alpha value is -1.13. The molecule has 0 radical (unpaired) electrons. The zero-order valence-corrected chi connectivity index (χ0v) is 13.5. The molecule has 1 aliphatic carbocycles. The minimum Gasteiger partial charge on any atom is -0.494 e. The Bertz CT molecular complexity index is 600. The van der Waals surface area contributed by atoms with Gasteiger partial charge in [0, 0.05) is 12.0 Å². The van der Waals surface area contributed by atoms with E-state index in [4.69, 9.17) is 15.5 Å². The first-order chi connectivity index (χ1) is 10.3. The van der Waals surface area contributed by atoms with Gasteiger partial charge >= 0.3 is 0 Å². The van der Waals surface area contributed by atoms with Crippen molar-refractivity contribution in [2.24, 2.45) is 5.73 Å². The second-order valence-electron chi connectivity index (χ2n) is 5.98. The molecule has 0 bridgehead atoms. The highest BCUT2D eigenvalue weighted by Gasteiger charge is 2.34. The van der Waals surface area contributed by atoms with Gasteiger partial charge in [-0.2, -0.15) is 0 Å². The van der Waals surface area contributed by atoms with E-state index in [-0.39, 0.29) is 5.41 Å². The Morgan fingerprint density at radius 3 is 2.67 bits per heavy atom. The van der Waals surface area contributed by atoms with Crippen molar-refractivity contribution >= 4 is 21.6 Å². The predicted octanol–water partition coefficient (Wildman–Crippen LogP) is 4.25. The average Bonchev–Trinajstić information content (AvgIpc) is 2.77. The Morgan fingerprint density at radius 2 is 2.00 bits per heavy atom. The molecule has 3 rings (SSSR count). The molecule has 1 aromatic heterocycles. The van der Waals surface area contributed by atoms with Crippen molar-refractivity contribution in [3.63, 3.8) is 0 Å². The van der Waals surface area contributed by atoms with E-state index in [9.17, 15) is 0 Å². The lowest BCUT2D eigenvalue weighted by atomic mass is 9.81. The van der Waals surface area contributed by atoms with Crippen molar-refractivity contribution in [3.8, 4) is 5.75 Å². The van der Waals surface area contributed by atoms with Crippen LogP contribution in [0.5, 0.6) is 5.75 Å². The number of hydrogen-bond acceptors (Lipinski definition) is 4. The Balaban J connectivity index is 1.98. The van der Waals surface area contributed by atoms with Gasteiger partial charge in [-0.3, -0.25) is 0 Å². The van der Waals surface area contributed by atoms with Gasteiger partial charge in [-0.25, -0.2) is 4.98 Å². The molecule has 1 aliphatic rings. The fourth-order valence-corrected chi connectivity index (χ4v) is 4.55. The normalized spacial score (nSPS) is 18.6. The van der Waals surface area contributed by atoms with Crippen LogP contribution in [0.3, 0.4) is 0 Å². The molecular formula is C17H24N2OS. The highest BCUT2D eigenvalue weighted by molar-refractivity contribution is 7.18. The maximum Gasteiger partial charge on any atom is 0.120 e. The van der Waals surface area contributed by atoms with E-state index >= 15 is 0 Å². The summed E-state index contributed by atoms with van der Waals surface area (Å²) in [6.07, 6.45) is 7.58. The molecule has 0 saturated heterocycles. The van der Waals surface area contributed by atoms with E-state index in [1.54, 1.807) is 11.3 Å². The third-order valence-electron chi connectivity index (χ3n) is 4.58. The smallest absolute Gasteiger partial charge is 0.120 e. The first-order valence-electron chi connectivity index (χ1n) is 8.01. The maximum atomic E-state index is 6.18. The largest absolute Gasteiger partial charge is 0.494 e. The zero-order valence-electron chi connectivity index (χ0n) is 12.7. The minimum absolute atomic E-state index is 0.103. The molecule has 1 saturated carbocycles. The van der Waals surface area contributed by atoms with Crippen LogP contribution in [0.2, 0.25) is 0 Å². The van der Waals surface area contributed by atoms with Crippen LogP contribution in [0.15, 0.2) is 18.2 Å². The van der Waals surface area contributed by atoms with Gasteiger partial charge in [0.05, 0.1) is 16.8 Å². The summed E-state index contributed by atoms with van der Waals surface area (Å²) >= 11 is 1.81. The van der Waals surface area contributed by atoms with E-state index in [1.165, 1.54) is 48.2 Å². The number of nitrogens with two attached hydrogens (primary N) is 1. The third kappa shape index (κ3) is 2.92. The van der Waals surface area contributed by atoms with Crippen LogP contribution < -0.4 is 10.5 Å². The van der Waals surface area contributed by atoms with Crippen molar-refractivity contribution in [1.82, 2.24) is 4.98 Å². The van der Waals surface area contributed by atoms with E-state index < -0.39 is 0 Å². The summed E-state index contributed by atoms with van der Waals surface area (Å²) in [6, 6.07) is 6.19. The quantitative estimate of drug-likeness (QED) is 0.859. The second kappa shape index (κ2) is 6.32. The molecule has 0 amide bonds. The Labute approximate surface area is 130 Å². The van der Waals surface area contributed by atoms with Crippen LogP contribution in [0, 0.1) is 0 Å². The fraction of sp³-hybridized carbons (Fsp3) is 0.588. The maximum absolute atomic E-state index is 6.18. The van der Waals surface area contributed by atoms with Gasteiger partial charge in [0.15, 0.2) is 0 Å². The lowest BCUT2D eigenvalue weighted by molar-refractivity contribution is 0.341. The fourth-order valence-electron chi connectivity index (χ4n) is 3.30. The van der Waals surface area contributed by atoms with Crippen LogP contribution in [-0.4, -0.2) is 18.1 Å². The van der Waals surface area contributed by atoms with Gasteiger partial charge in [-0.05, 0) is 38.0 Å². The van der Waals surface area contributed by atoms with Gasteiger partial charge < -0.3 is 10.5 Å². The summed E-state index contributed by atoms with van der Waals surface area (Å²) in [5.74, 6) is 0.933. The van der Waals surface area contributed by atoms with Crippen molar-refractivity contribution < 1.29 is 4.74 Å². The van der Waals surface area contributed by atoms with Gasteiger partial charge in [-0.15, -0.1) is 11.3 Å². The molecule has 2 aromatic rings. The highest BCUT2D eigenvalue weighted by atomic mass is 32.1. The molecule has 2 N–H and O–H groups in total. The molecule has 114 valence electrons. The molecule has 0 aliphatic heterocycles. The number of nitrogens with zero attached hydrogens (tertiary/aromatic N) is 1. The number of benzene rings is 1. The molecule has 0 spiro atoms. The molecule has 1 aromatic carbocycles. The van der Waals surface area contributed by atoms with Crippen LogP contribution in [0.25, 0.3) is 10.2 Å². The number of aromatic nitrogens is 1. The highest BCUT2D eigenvalue weighted by Crippen LogP contribution is 2.41. The van der Waals surface area contributed by atoms with Gasteiger partial charge in [-0.1, -0.05) is 25.7 Å². The summed E-state index contributed by atoms with van der Waals surface area (Å²) < 4.78 is 6.81. The van der Waals surface area contributed by atoms with Crippen molar-refractivity contribution in [2.45, 2.75) is 50.9 Å². The van der Waals surface area contributed by atoms with Gasteiger partial charge in [0.2, 0.25) is 0 Å². The number of fused-ring (bicyclic) bond motifs is 1. The first-order valence-corrected chi connectivity index (χ1v) is 8.83. The molecule has 0 unspecified atom stereocenters. The number of hydrogen-bond donors (Lipinski definition) is 1. The van der Waals surface area contributed by atoms with Crippen LogP contribution in [0.1, 0.15) is 50.5 Å². The van der Waals surface area contributed by atoms with Crippen molar-refractivity contribution in [3.05, 3.63) is 23.2 Å². The zero-order chi connectivity index (χ0) is 14.7. The summed E-state index contributed by atoms with van der Waals surface area (Å²) in [5.41, 5.74) is 7.36. The van der Waals surface area contributed by atoms with Crippen LogP contribution in [0.4, 0.5) is 0 Å². The molecule has 0 atom stereocenters. The molecule has 1 fully saturated rings. The predicted molar refractivity (Wildman–Crippen MR) is 89.2 cm³/mol. The molecule has 3 nitrogen and oxygen atoms in total. The first kappa shape index (κ1) is 14.8. The Kier molecular flexibility index (Phi) is 4.45. The van der Waals surface area contributed by atoms with Crippen LogP contribution in [-0.2, 0) is 5.41 Å². The molecular weight excluding hydrogens is 280 g/mol. The summed E-state index contributed by atoms with van der Waals surface area (Å²) in [7, 11) is 0. The summed E-state index contributed by atoms with van der Waals surface area (Å²) in [6.45, 7) is 3.42. The Morgan fingerprint density at radius 1 is 1.24 bits per heavy atom. The lowest BCUT2D eigenvalue weighted by Crippen LogP contribution is -2.34. The summed E-state index contributed by atoms with van der Waals surface area (Å²) in [4.78, 5) is 4.91. The number of rotatable bonds is 4. The van der Waals surface area contributed by atoms with Gasteiger partial charge in [0.1, 0.15) is 10.8 Å². The SMILES string of the molecule is CCOc1ccc2nc(C3(CN)CCCCCC3)sc2c1. The third-order valence-corrected chi connectivity index (χ3v) is 5.84. The summed E-state index contributed by atoms with van der Waals surface area (Å²) in [5, 5.41) is 1.23. The van der Waals surface area contributed by atoms with E-state index in [0.29, 0.717) is 13.2 Å². The van der Waals surface area contributed by atoms with E-state index in [2.05, 4.69) is 12.1 Å². The number of ether oxygens (including phenoxy) is 1. The number of thiazole rings is 1. The second-order valence-corrected chi connectivity index (χ2v) is 7.01. The standard InChI is InChI=1S/C17H24N2OS/c1-2-20-13-7-8-14-15(11-13)21-16(19-14)17(12-18)9-5-3-4-6-10-17/h7-8,11H,2-6,9-10,12,18H2,1H3. The van der Waals surface area contributed by atoms with E-state index in [1.807, 2.05) is 13.0 Å². The van der Waals surface area contributed by atoms with Crippen molar-refractivity contribution in [2.75, 3.05) is 13.2 Å². The minimum atomic E-state index is 0.103. The van der Waals surface area contributed by atoms with Crippen LogP contribution >= 0.6 is 11.3 Å². The topological polar surface area (TPSA) is 48.1 Å². The van der Waals surface area contributed by atoms with E-state index in [0.717, 1.165) is 11.3 Å².